The molecule has 0 amide bonds. The second-order valence-corrected chi connectivity index (χ2v) is 3.16. The summed E-state index contributed by atoms with van der Waals surface area (Å²) in [7, 11) is 0. The zero-order valence-corrected chi connectivity index (χ0v) is 6.85. The number of aliphatic hydroxyl groups excluding tert-OH is 3. The molecule has 1 aliphatic heterocycles. The molecule has 0 aromatic heterocycles. The summed E-state index contributed by atoms with van der Waals surface area (Å²) in [6, 6.07) is -0.603. The van der Waals surface area contributed by atoms with E-state index < -0.39 is 18.2 Å². The second-order valence-electron chi connectivity index (χ2n) is 3.16. The van der Waals surface area contributed by atoms with Crippen LogP contribution in [0.3, 0.4) is 0 Å². The van der Waals surface area contributed by atoms with Gasteiger partial charge in [-0.3, -0.25) is 0 Å². The Hall–Kier alpha value is -0.200. The van der Waals surface area contributed by atoms with Gasteiger partial charge in [0.2, 0.25) is 0 Å². The van der Waals surface area contributed by atoms with Gasteiger partial charge in [0, 0.05) is 25.2 Å². The lowest BCUT2D eigenvalue weighted by Gasteiger charge is -2.36. The summed E-state index contributed by atoms with van der Waals surface area (Å²) in [5.41, 5.74) is 5.62. The first-order chi connectivity index (χ1) is 5.66. The molecule has 0 aromatic carbocycles. The molecule has 72 valence electrons. The van der Waals surface area contributed by atoms with Gasteiger partial charge in [0.25, 0.3) is 0 Å². The minimum Gasteiger partial charge on any atom is -0.396 e. The van der Waals surface area contributed by atoms with E-state index in [1.165, 1.54) is 0 Å². The summed E-state index contributed by atoms with van der Waals surface area (Å²) in [6.45, 7) is 0.369. The minimum atomic E-state index is -0.886. The molecule has 0 saturated carbocycles. The highest BCUT2D eigenvalue weighted by Gasteiger charge is 2.34. The van der Waals surface area contributed by atoms with E-state index in [0.29, 0.717) is 13.0 Å². The van der Waals surface area contributed by atoms with E-state index in [9.17, 15) is 10.2 Å². The van der Waals surface area contributed by atoms with Gasteiger partial charge in [-0.05, 0) is 6.42 Å². The second kappa shape index (κ2) is 4.15. The van der Waals surface area contributed by atoms with E-state index in [2.05, 4.69) is 5.32 Å². The molecule has 0 aliphatic carbocycles. The Labute approximate surface area is 71.2 Å². The predicted octanol–water partition coefficient (Wildman–Crippen LogP) is -2.61. The van der Waals surface area contributed by atoms with Crippen molar-refractivity contribution in [3.8, 4) is 0 Å². The van der Waals surface area contributed by atoms with Crippen LogP contribution in [-0.4, -0.2) is 52.8 Å². The standard InChI is InChI=1S/C7H16N2O3/c8-6-4(1-2-10)9-3-5(11)7(6)12/h4-7,9-12H,1-3,8H2. The lowest BCUT2D eigenvalue weighted by atomic mass is 9.92. The molecule has 1 rings (SSSR count). The lowest BCUT2D eigenvalue weighted by Crippen LogP contribution is -2.63. The molecular formula is C7H16N2O3. The zero-order valence-electron chi connectivity index (χ0n) is 6.85. The zero-order chi connectivity index (χ0) is 9.14. The third-order valence-electron chi connectivity index (χ3n) is 2.28. The highest BCUT2D eigenvalue weighted by molar-refractivity contribution is 4.94. The van der Waals surface area contributed by atoms with Gasteiger partial charge in [0.05, 0.1) is 12.2 Å². The molecule has 1 saturated heterocycles. The fourth-order valence-corrected chi connectivity index (χ4v) is 1.46. The quantitative estimate of drug-likeness (QED) is 0.317. The van der Waals surface area contributed by atoms with Gasteiger partial charge in [-0.2, -0.15) is 0 Å². The van der Waals surface area contributed by atoms with Crippen LogP contribution in [0.15, 0.2) is 0 Å². The van der Waals surface area contributed by atoms with Crippen LogP contribution < -0.4 is 11.1 Å². The maximum atomic E-state index is 9.35. The first-order valence-corrected chi connectivity index (χ1v) is 4.12. The van der Waals surface area contributed by atoms with E-state index in [-0.39, 0.29) is 12.6 Å². The molecule has 12 heavy (non-hydrogen) atoms. The molecule has 5 heteroatoms. The Bertz CT molecular complexity index is 145. The molecule has 1 fully saturated rings. The number of nitrogens with two attached hydrogens (primary N) is 1. The Morgan fingerprint density at radius 2 is 2.08 bits per heavy atom. The van der Waals surface area contributed by atoms with Gasteiger partial charge in [0.1, 0.15) is 0 Å². The van der Waals surface area contributed by atoms with E-state index >= 15 is 0 Å². The van der Waals surface area contributed by atoms with E-state index in [4.69, 9.17) is 10.8 Å². The summed E-state index contributed by atoms with van der Waals surface area (Å²) >= 11 is 0. The van der Waals surface area contributed by atoms with Crippen molar-refractivity contribution in [2.24, 2.45) is 5.73 Å². The molecule has 5 nitrogen and oxygen atoms in total. The van der Waals surface area contributed by atoms with Gasteiger partial charge < -0.3 is 26.4 Å². The smallest absolute Gasteiger partial charge is 0.0977 e. The number of rotatable bonds is 2. The SMILES string of the molecule is NC1C(CCO)NCC(O)C1O. The number of β-amino-alcohol motifs (C(OH)–C–C–N with tert-alkyl or cyclic N) is 1. The summed E-state index contributed by atoms with van der Waals surface area (Å²) in [6.07, 6.45) is -1.18. The molecule has 0 radical (unpaired) electrons. The highest BCUT2D eigenvalue weighted by Crippen LogP contribution is 2.10. The van der Waals surface area contributed by atoms with Crippen molar-refractivity contribution in [1.82, 2.24) is 5.32 Å². The summed E-state index contributed by atoms with van der Waals surface area (Å²) in [5.74, 6) is 0. The largest absolute Gasteiger partial charge is 0.396 e. The number of hydrogen-bond acceptors (Lipinski definition) is 5. The van der Waals surface area contributed by atoms with Crippen LogP contribution >= 0.6 is 0 Å². The minimum absolute atomic E-state index is 0.0359. The average Bonchev–Trinajstić information content (AvgIpc) is 2.07. The fraction of sp³-hybridized carbons (Fsp3) is 1.00. The van der Waals surface area contributed by atoms with Crippen molar-refractivity contribution in [1.29, 1.82) is 0 Å². The molecule has 4 atom stereocenters. The summed E-state index contributed by atoms with van der Waals surface area (Å²) < 4.78 is 0. The fourth-order valence-electron chi connectivity index (χ4n) is 1.46. The van der Waals surface area contributed by atoms with Crippen LogP contribution in [0.5, 0.6) is 0 Å². The highest BCUT2D eigenvalue weighted by atomic mass is 16.3. The lowest BCUT2D eigenvalue weighted by molar-refractivity contribution is -0.0278. The Morgan fingerprint density at radius 1 is 1.42 bits per heavy atom. The molecule has 4 unspecified atom stereocenters. The first-order valence-electron chi connectivity index (χ1n) is 4.12. The molecule has 0 aromatic rings. The summed E-state index contributed by atoms with van der Waals surface area (Å²) in [4.78, 5) is 0. The molecule has 1 aliphatic rings. The van der Waals surface area contributed by atoms with Crippen molar-refractivity contribution in [3.05, 3.63) is 0 Å². The maximum absolute atomic E-state index is 9.35. The van der Waals surface area contributed by atoms with Crippen LogP contribution in [0.1, 0.15) is 6.42 Å². The van der Waals surface area contributed by atoms with Crippen LogP contribution in [-0.2, 0) is 0 Å². The van der Waals surface area contributed by atoms with Crippen LogP contribution in [0.2, 0.25) is 0 Å². The van der Waals surface area contributed by atoms with Gasteiger partial charge in [0.15, 0.2) is 0 Å². The van der Waals surface area contributed by atoms with Gasteiger partial charge in [-0.1, -0.05) is 0 Å². The Balaban J connectivity index is 2.46. The number of nitrogens with one attached hydrogen (secondary N) is 1. The van der Waals surface area contributed by atoms with Crippen molar-refractivity contribution in [2.45, 2.75) is 30.7 Å². The third-order valence-corrected chi connectivity index (χ3v) is 2.28. The van der Waals surface area contributed by atoms with Crippen molar-refractivity contribution in [2.75, 3.05) is 13.2 Å². The normalized spacial score (nSPS) is 43.0. The van der Waals surface area contributed by atoms with Gasteiger partial charge in [-0.25, -0.2) is 0 Å². The van der Waals surface area contributed by atoms with E-state index in [1.807, 2.05) is 0 Å². The molecule has 1 heterocycles. The van der Waals surface area contributed by atoms with E-state index in [0.717, 1.165) is 0 Å². The summed E-state index contributed by atoms with van der Waals surface area (Å²) in [5, 5.41) is 30.1. The molecule has 0 spiro atoms. The van der Waals surface area contributed by atoms with Crippen LogP contribution in [0, 0.1) is 0 Å². The van der Waals surface area contributed by atoms with Crippen molar-refractivity contribution in [3.63, 3.8) is 0 Å². The van der Waals surface area contributed by atoms with E-state index in [1.54, 1.807) is 0 Å². The Kier molecular flexibility index (Phi) is 3.42. The van der Waals surface area contributed by atoms with Crippen molar-refractivity contribution >= 4 is 0 Å². The average molecular weight is 176 g/mol. The molecular weight excluding hydrogens is 160 g/mol. The van der Waals surface area contributed by atoms with Gasteiger partial charge in [-0.15, -0.1) is 0 Å². The first kappa shape index (κ1) is 9.88. The topological polar surface area (TPSA) is 98.7 Å². The van der Waals surface area contributed by atoms with Gasteiger partial charge >= 0.3 is 0 Å². The Morgan fingerprint density at radius 3 is 2.67 bits per heavy atom. The number of piperidine rings is 1. The molecule has 6 N–H and O–H groups in total. The number of hydrogen-bond donors (Lipinski definition) is 5. The predicted molar refractivity (Wildman–Crippen MR) is 43.5 cm³/mol. The monoisotopic (exact) mass is 176 g/mol. The van der Waals surface area contributed by atoms with Crippen LogP contribution in [0.25, 0.3) is 0 Å². The van der Waals surface area contributed by atoms with Crippen LogP contribution in [0.4, 0.5) is 0 Å². The molecule has 0 bridgehead atoms. The maximum Gasteiger partial charge on any atom is 0.0977 e. The van der Waals surface area contributed by atoms with Crippen molar-refractivity contribution < 1.29 is 15.3 Å². The number of aliphatic hydroxyl groups is 3. The third kappa shape index (κ3) is 1.94.